The number of carbonyl (C=O) groups is 1. The number of ether oxygens (including phenoxy) is 1. The summed E-state index contributed by atoms with van der Waals surface area (Å²) in [4.78, 5) is 33.7. The smallest absolute Gasteiger partial charge is 0.251 e. The lowest BCUT2D eigenvalue weighted by Gasteiger charge is -2.35. The minimum Gasteiger partial charge on any atom is -0.384 e. The Hall–Kier alpha value is -2.66. The number of carbonyl (C=O) groups excluding carboxylic acids is 1. The molecule has 0 bridgehead atoms. The number of rotatable bonds is 5. The second-order valence-electron chi connectivity index (χ2n) is 8.42. The number of aliphatic hydroxyl groups is 1. The third-order valence-corrected chi connectivity index (χ3v) is 7.16. The summed E-state index contributed by atoms with van der Waals surface area (Å²) < 4.78 is 6.65. The van der Waals surface area contributed by atoms with Crippen LogP contribution < -0.4 is 4.90 Å². The summed E-state index contributed by atoms with van der Waals surface area (Å²) >= 11 is 1.74. The molecule has 174 valence electrons. The van der Waals surface area contributed by atoms with E-state index in [1.165, 1.54) is 11.8 Å². The fourth-order valence-corrected chi connectivity index (χ4v) is 5.42. The lowest BCUT2D eigenvalue weighted by Crippen LogP contribution is -2.50. The Morgan fingerprint density at radius 2 is 1.97 bits per heavy atom. The van der Waals surface area contributed by atoms with Gasteiger partial charge >= 0.3 is 0 Å². The zero-order valence-electron chi connectivity index (χ0n) is 18.7. The number of piperazine rings is 1. The number of nitrogens with zero attached hydrogens (tertiary/aromatic N) is 6. The molecule has 1 amide bonds. The number of morpholine rings is 1. The van der Waals surface area contributed by atoms with Gasteiger partial charge in [0.1, 0.15) is 6.10 Å². The fraction of sp³-hybridized carbons (Fsp3) is 0.478. The third kappa shape index (κ3) is 4.84. The van der Waals surface area contributed by atoms with E-state index < -0.39 is 6.10 Å². The number of pyridine rings is 1. The molecule has 2 fully saturated rings. The first-order valence-electron chi connectivity index (χ1n) is 11.3. The first-order valence-corrected chi connectivity index (χ1v) is 12.1. The minimum atomic E-state index is -0.940. The molecule has 0 aromatic carbocycles. The van der Waals surface area contributed by atoms with Gasteiger partial charge in [0, 0.05) is 68.6 Å². The molecule has 3 aromatic rings. The Bertz CT molecular complexity index is 1110. The van der Waals surface area contributed by atoms with Crippen molar-refractivity contribution in [1.29, 1.82) is 0 Å². The number of hydrogen-bond acceptors (Lipinski definition) is 9. The summed E-state index contributed by atoms with van der Waals surface area (Å²) in [6, 6.07) is 6.05. The van der Waals surface area contributed by atoms with Crippen LogP contribution >= 0.6 is 11.3 Å². The van der Waals surface area contributed by atoms with E-state index in [2.05, 4.69) is 20.9 Å². The molecule has 2 saturated heterocycles. The van der Waals surface area contributed by atoms with Gasteiger partial charge in [-0.3, -0.25) is 14.7 Å². The molecule has 2 aliphatic rings. The van der Waals surface area contributed by atoms with Crippen molar-refractivity contribution in [3.8, 4) is 11.4 Å². The van der Waals surface area contributed by atoms with Gasteiger partial charge in [-0.25, -0.2) is 9.97 Å². The zero-order valence-corrected chi connectivity index (χ0v) is 19.5. The number of hydrogen-bond donors (Lipinski definition) is 1. The van der Waals surface area contributed by atoms with Crippen LogP contribution in [-0.2, 0) is 16.1 Å². The van der Waals surface area contributed by atoms with Crippen molar-refractivity contribution in [2.75, 3.05) is 57.4 Å². The number of aliphatic hydroxyl groups excluding tert-OH is 1. The first kappa shape index (κ1) is 22.1. The number of anilines is 1. The average Bonchev–Trinajstić information content (AvgIpc) is 3.26. The van der Waals surface area contributed by atoms with Crippen molar-refractivity contribution >= 4 is 33.3 Å². The van der Waals surface area contributed by atoms with E-state index in [1.54, 1.807) is 28.6 Å². The molecule has 1 atom stereocenters. The highest BCUT2D eigenvalue weighted by Gasteiger charge is 2.25. The molecule has 10 heteroatoms. The third-order valence-electron chi connectivity index (χ3n) is 6.06. The van der Waals surface area contributed by atoms with Gasteiger partial charge in [0.15, 0.2) is 11.6 Å². The van der Waals surface area contributed by atoms with Gasteiger partial charge < -0.3 is 19.6 Å². The Morgan fingerprint density at radius 1 is 1.18 bits per heavy atom. The first-order chi connectivity index (χ1) is 16.1. The topological polar surface area (TPSA) is 94.9 Å². The molecular weight excluding hydrogens is 440 g/mol. The summed E-state index contributed by atoms with van der Waals surface area (Å²) in [6.45, 7) is 8.20. The molecule has 0 spiro atoms. The molecular formula is C23H28N6O3S. The van der Waals surface area contributed by atoms with Crippen molar-refractivity contribution in [3.05, 3.63) is 35.5 Å². The van der Waals surface area contributed by atoms with E-state index in [1.807, 2.05) is 12.1 Å². The molecule has 5 heterocycles. The van der Waals surface area contributed by atoms with E-state index in [-0.39, 0.29) is 5.91 Å². The van der Waals surface area contributed by atoms with Gasteiger partial charge in [-0.15, -0.1) is 11.3 Å². The van der Waals surface area contributed by atoms with E-state index >= 15 is 0 Å². The standard InChI is InChI=1S/C23H28N6O3S/c1-16(30)23(31)29-7-5-27(6-8-29)15-18-13-19-20(33-18)22(28-9-11-32-12-10-28)26-21(25-19)17-3-2-4-24-14-17/h2-4,13-14,16,30H,5-12,15H2,1H3. The van der Waals surface area contributed by atoms with E-state index in [9.17, 15) is 9.90 Å². The normalized spacial score (nSPS) is 18.6. The van der Waals surface area contributed by atoms with Crippen LogP contribution in [0.3, 0.4) is 0 Å². The fourth-order valence-electron chi connectivity index (χ4n) is 4.27. The highest BCUT2D eigenvalue weighted by molar-refractivity contribution is 7.19. The summed E-state index contributed by atoms with van der Waals surface area (Å²) in [5, 5.41) is 9.56. The van der Waals surface area contributed by atoms with Crippen LogP contribution in [0.5, 0.6) is 0 Å². The summed E-state index contributed by atoms with van der Waals surface area (Å²) in [7, 11) is 0. The molecule has 5 rings (SSSR count). The lowest BCUT2D eigenvalue weighted by atomic mass is 10.2. The van der Waals surface area contributed by atoms with Crippen molar-refractivity contribution in [2.45, 2.75) is 19.6 Å². The number of aromatic nitrogens is 3. The van der Waals surface area contributed by atoms with Crippen molar-refractivity contribution in [3.63, 3.8) is 0 Å². The van der Waals surface area contributed by atoms with Crippen LogP contribution in [0.25, 0.3) is 21.6 Å². The molecule has 9 nitrogen and oxygen atoms in total. The molecule has 3 aromatic heterocycles. The molecule has 2 aliphatic heterocycles. The zero-order chi connectivity index (χ0) is 22.8. The summed E-state index contributed by atoms with van der Waals surface area (Å²) in [6.07, 6.45) is 2.61. The maximum atomic E-state index is 12.0. The van der Waals surface area contributed by atoms with Gasteiger partial charge in [-0.1, -0.05) is 0 Å². The molecule has 0 saturated carbocycles. The Kier molecular flexibility index (Phi) is 6.50. The van der Waals surface area contributed by atoms with Gasteiger partial charge in [0.05, 0.1) is 23.4 Å². The van der Waals surface area contributed by atoms with Gasteiger partial charge in [0.25, 0.3) is 5.91 Å². The van der Waals surface area contributed by atoms with Crippen LogP contribution in [0.15, 0.2) is 30.6 Å². The van der Waals surface area contributed by atoms with Crippen molar-refractivity contribution in [1.82, 2.24) is 24.8 Å². The maximum absolute atomic E-state index is 12.0. The minimum absolute atomic E-state index is 0.190. The monoisotopic (exact) mass is 468 g/mol. The molecule has 0 radical (unpaired) electrons. The highest BCUT2D eigenvalue weighted by Crippen LogP contribution is 2.35. The number of amides is 1. The highest BCUT2D eigenvalue weighted by atomic mass is 32.1. The molecule has 0 aliphatic carbocycles. The van der Waals surface area contributed by atoms with Crippen LogP contribution in [0.4, 0.5) is 5.82 Å². The largest absolute Gasteiger partial charge is 0.384 e. The van der Waals surface area contributed by atoms with Crippen molar-refractivity contribution < 1.29 is 14.6 Å². The second kappa shape index (κ2) is 9.68. The number of thiophene rings is 1. The van der Waals surface area contributed by atoms with Gasteiger partial charge in [-0.05, 0) is 25.1 Å². The Balaban J connectivity index is 1.40. The molecule has 1 unspecified atom stereocenters. The van der Waals surface area contributed by atoms with Gasteiger partial charge in [-0.2, -0.15) is 0 Å². The van der Waals surface area contributed by atoms with E-state index in [4.69, 9.17) is 14.7 Å². The van der Waals surface area contributed by atoms with Crippen LogP contribution in [-0.4, -0.2) is 94.4 Å². The lowest BCUT2D eigenvalue weighted by molar-refractivity contribution is -0.141. The van der Waals surface area contributed by atoms with Crippen LogP contribution in [0.1, 0.15) is 11.8 Å². The predicted molar refractivity (Wildman–Crippen MR) is 127 cm³/mol. The van der Waals surface area contributed by atoms with Crippen LogP contribution in [0.2, 0.25) is 0 Å². The van der Waals surface area contributed by atoms with Gasteiger partial charge in [0.2, 0.25) is 0 Å². The molecule has 1 N–H and O–H groups in total. The molecule has 33 heavy (non-hydrogen) atoms. The summed E-state index contributed by atoms with van der Waals surface area (Å²) in [5.41, 5.74) is 1.86. The SMILES string of the molecule is CC(O)C(=O)N1CCN(Cc2cc3nc(-c4cccnc4)nc(N4CCOCC4)c3s2)CC1. The maximum Gasteiger partial charge on any atom is 0.251 e. The Labute approximate surface area is 196 Å². The quantitative estimate of drug-likeness (QED) is 0.604. The second-order valence-corrected chi connectivity index (χ2v) is 9.55. The predicted octanol–water partition coefficient (Wildman–Crippen LogP) is 1.61. The van der Waals surface area contributed by atoms with Crippen LogP contribution in [0, 0.1) is 0 Å². The van der Waals surface area contributed by atoms with E-state index in [0.717, 1.165) is 54.3 Å². The summed E-state index contributed by atoms with van der Waals surface area (Å²) in [5.74, 6) is 1.46. The van der Waals surface area contributed by atoms with Crippen molar-refractivity contribution in [2.24, 2.45) is 0 Å². The number of fused-ring (bicyclic) bond motifs is 1. The Morgan fingerprint density at radius 3 is 2.67 bits per heavy atom. The van der Waals surface area contributed by atoms with E-state index in [0.29, 0.717) is 32.1 Å². The average molecular weight is 469 g/mol.